The van der Waals surface area contributed by atoms with Crippen LogP contribution in [0.1, 0.15) is 5.56 Å². The van der Waals surface area contributed by atoms with Gasteiger partial charge in [0, 0.05) is 12.1 Å². The van der Waals surface area contributed by atoms with Crippen LogP contribution < -0.4 is 5.32 Å². The van der Waals surface area contributed by atoms with Crippen molar-refractivity contribution in [1.29, 1.82) is 0 Å². The Morgan fingerprint density at radius 1 is 1.33 bits per heavy atom. The first-order chi connectivity index (χ1) is 7.40. The van der Waals surface area contributed by atoms with Crippen molar-refractivity contribution in [3.05, 3.63) is 29.8 Å². The number of amides is 1. The van der Waals surface area contributed by atoms with E-state index in [4.69, 9.17) is 0 Å². The van der Waals surface area contributed by atoms with Gasteiger partial charge < -0.3 is 5.32 Å². The molecule has 76 valence electrons. The van der Waals surface area contributed by atoms with Crippen LogP contribution in [0.5, 0.6) is 0 Å². The lowest BCUT2D eigenvalue weighted by atomic mass is 10.1. The van der Waals surface area contributed by atoms with Crippen LogP contribution in [0.3, 0.4) is 0 Å². The smallest absolute Gasteiger partial charge is 0.207 e. The molecule has 6 nitrogen and oxygen atoms in total. The summed E-state index contributed by atoms with van der Waals surface area (Å²) in [5.41, 5.74) is 1.91. The Bertz CT molecular complexity index is 422. The van der Waals surface area contributed by atoms with Gasteiger partial charge in [0.05, 0.1) is 0 Å². The Kier molecular flexibility index (Phi) is 2.68. The summed E-state index contributed by atoms with van der Waals surface area (Å²) in [6.07, 6.45) is 0.674. The highest BCUT2D eigenvalue weighted by molar-refractivity contribution is 5.54. The maximum atomic E-state index is 10.1. The topological polar surface area (TPSA) is 83.6 Å². The monoisotopic (exact) mass is 203 g/mol. The number of carbonyl (C=O) groups is 1. The minimum atomic E-state index is 0.524. The minimum absolute atomic E-state index is 0.524. The predicted molar refractivity (Wildman–Crippen MR) is 52.5 cm³/mol. The third kappa shape index (κ3) is 2.16. The van der Waals surface area contributed by atoms with Crippen LogP contribution in [0, 0.1) is 0 Å². The molecule has 0 radical (unpaired) electrons. The van der Waals surface area contributed by atoms with Crippen molar-refractivity contribution in [2.24, 2.45) is 0 Å². The van der Waals surface area contributed by atoms with E-state index in [2.05, 4.69) is 25.9 Å². The van der Waals surface area contributed by atoms with Gasteiger partial charge in [0.15, 0.2) is 0 Å². The van der Waals surface area contributed by atoms with Gasteiger partial charge in [-0.15, -0.1) is 10.2 Å². The Morgan fingerprint density at radius 3 is 2.73 bits per heavy atom. The summed E-state index contributed by atoms with van der Waals surface area (Å²) in [5.74, 6) is 0.560. The van der Waals surface area contributed by atoms with E-state index in [1.54, 1.807) is 0 Å². The number of rotatable bonds is 4. The summed E-state index contributed by atoms with van der Waals surface area (Å²) in [4.78, 5) is 10.1. The highest BCUT2D eigenvalue weighted by Gasteiger charge is 2.01. The summed E-state index contributed by atoms with van der Waals surface area (Å²) in [5, 5.41) is 16.2. The Labute approximate surface area is 85.7 Å². The Hall–Kier alpha value is -2.24. The normalized spacial score (nSPS) is 9.87. The molecule has 2 aromatic rings. The highest BCUT2D eigenvalue weighted by Crippen LogP contribution is 2.13. The zero-order valence-corrected chi connectivity index (χ0v) is 7.84. The van der Waals surface area contributed by atoms with Crippen LogP contribution in [-0.4, -0.2) is 27.0 Å². The van der Waals surface area contributed by atoms with Crippen LogP contribution in [0.4, 0.5) is 0 Å². The van der Waals surface area contributed by atoms with Crippen molar-refractivity contribution in [1.82, 2.24) is 25.9 Å². The van der Waals surface area contributed by atoms with E-state index in [0.717, 1.165) is 11.1 Å². The van der Waals surface area contributed by atoms with Crippen LogP contribution in [0.25, 0.3) is 11.4 Å². The van der Waals surface area contributed by atoms with Crippen molar-refractivity contribution < 1.29 is 4.79 Å². The predicted octanol–water partition coefficient (Wildman–Crippen LogP) is 0.113. The Balaban J connectivity index is 2.14. The fourth-order valence-electron chi connectivity index (χ4n) is 1.22. The number of nitrogens with one attached hydrogen (secondary N) is 2. The first-order valence-electron chi connectivity index (χ1n) is 4.40. The summed E-state index contributed by atoms with van der Waals surface area (Å²) in [7, 11) is 0. The molecule has 1 aromatic carbocycles. The number of hydrogen-bond donors (Lipinski definition) is 2. The second kappa shape index (κ2) is 4.32. The van der Waals surface area contributed by atoms with Crippen LogP contribution in [0.2, 0.25) is 0 Å². The molecule has 2 rings (SSSR count). The van der Waals surface area contributed by atoms with Gasteiger partial charge in [-0.1, -0.05) is 24.3 Å². The van der Waals surface area contributed by atoms with Crippen molar-refractivity contribution in [3.63, 3.8) is 0 Å². The van der Waals surface area contributed by atoms with E-state index in [1.165, 1.54) is 0 Å². The quantitative estimate of drug-likeness (QED) is 0.691. The Morgan fingerprint density at radius 2 is 2.13 bits per heavy atom. The molecule has 2 N–H and O–H groups in total. The molecule has 0 aliphatic carbocycles. The summed E-state index contributed by atoms with van der Waals surface area (Å²) in [6, 6.07) is 7.57. The molecule has 0 unspecified atom stereocenters. The van der Waals surface area contributed by atoms with Crippen LogP contribution in [0.15, 0.2) is 24.3 Å². The lowest BCUT2D eigenvalue weighted by Crippen LogP contribution is -2.09. The lowest BCUT2D eigenvalue weighted by molar-refractivity contribution is -0.109. The highest BCUT2D eigenvalue weighted by atomic mass is 16.1. The van der Waals surface area contributed by atoms with Crippen molar-refractivity contribution in [2.75, 3.05) is 0 Å². The van der Waals surface area contributed by atoms with Gasteiger partial charge in [0.1, 0.15) is 0 Å². The molecule has 1 amide bonds. The van der Waals surface area contributed by atoms with Gasteiger partial charge in [0.2, 0.25) is 12.2 Å². The number of H-pyrrole nitrogens is 1. The second-order valence-corrected chi connectivity index (χ2v) is 2.93. The first-order valence-corrected chi connectivity index (χ1v) is 4.40. The van der Waals surface area contributed by atoms with E-state index in [9.17, 15) is 4.79 Å². The first kappa shape index (κ1) is 9.32. The molecule has 6 heteroatoms. The molecule has 0 bridgehead atoms. The fourth-order valence-corrected chi connectivity index (χ4v) is 1.22. The van der Waals surface area contributed by atoms with E-state index >= 15 is 0 Å². The van der Waals surface area contributed by atoms with Crippen molar-refractivity contribution in [3.8, 4) is 11.4 Å². The van der Waals surface area contributed by atoms with Crippen molar-refractivity contribution in [2.45, 2.75) is 6.54 Å². The average molecular weight is 203 g/mol. The summed E-state index contributed by atoms with van der Waals surface area (Å²) < 4.78 is 0. The largest absolute Gasteiger partial charge is 0.355 e. The number of tetrazole rings is 1. The molecule has 0 fully saturated rings. The SMILES string of the molecule is O=CNCc1ccc(-c2nn[nH]n2)cc1. The summed E-state index contributed by atoms with van der Waals surface area (Å²) >= 11 is 0. The molecular weight excluding hydrogens is 194 g/mol. The van der Waals surface area contributed by atoms with E-state index in [0.29, 0.717) is 18.8 Å². The van der Waals surface area contributed by atoms with Gasteiger partial charge >= 0.3 is 0 Å². The number of benzene rings is 1. The molecule has 0 saturated heterocycles. The molecule has 0 saturated carbocycles. The number of carbonyl (C=O) groups excluding carboxylic acids is 1. The maximum absolute atomic E-state index is 10.1. The molecular formula is C9H9N5O. The molecule has 15 heavy (non-hydrogen) atoms. The van der Waals surface area contributed by atoms with Gasteiger partial charge in [-0.3, -0.25) is 4.79 Å². The van der Waals surface area contributed by atoms with Gasteiger partial charge in [0.25, 0.3) is 0 Å². The van der Waals surface area contributed by atoms with E-state index in [-0.39, 0.29) is 0 Å². The fraction of sp³-hybridized carbons (Fsp3) is 0.111. The van der Waals surface area contributed by atoms with Gasteiger partial charge in [-0.25, -0.2) is 0 Å². The number of aromatic amines is 1. The lowest BCUT2D eigenvalue weighted by Gasteiger charge is -2.00. The summed E-state index contributed by atoms with van der Waals surface area (Å²) in [6.45, 7) is 0.524. The maximum Gasteiger partial charge on any atom is 0.207 e. The number of aromatic nitrogens is 4. The minimum Gasteiger partial charge on any atom is -0.355 e. The molecule has 0 atom stereocenters. The van der Waals surface area contributed by atoms with E-state index in [1.807, 2.05) is 24.3 Å². The molecule has 1 heterocycles. The average Bonchev–Trinajstić information content (AvgIpc) is 2.80. The van der Waals surface area contributed by atoms with Crippen LogP contribution in [-0.2, 0) is 11.3 Å². The molecule has 1 aromatic heterocycles. The third-order valence-electron chi connectivity index (χ3n) is 1.95. The van der Waals surface area contributed by atoms with Gasteiger partial charge in [-0.2, -0.15) is 5.21 Å². The second-order valence-electron chi connectivity index (χ2n) is 2.93. The number of nitrogens with zero attached hydrogens (tertiary/aromatic N) is 3. The van der Waals surface area contributed by atoms with E-state index < -0.39 is 0 Å². The molecule has 0 spiro atoms. The standard InChI is InChI=1S/C9H9N5O/c15-6-10-5-7-1-3-8(4-2-7)9-11-13-14-12-9/h1-4,6H,5H2,(H,10,15)(H,11,12,13,14). The van der Waals surface area contributed by atoms with Gasteiger partial charge in [-0.05, 0) is 10.8 Å². The number of hydrogen-bond acceptors (Lipinski definition) is 4. The molecule has 0 aliphatic rings. The zero-order chi connectivity index (χ0) is 10.5. The third-order valence-corrected chi connectivity index (χ3v) is 1.95. The zero-order valence-electron chi connectivity index (χ0n) is 7.84. The van der Waals surface area contributed by atoms with Crippen molar-refractivity contribution >= 4 is 6.41 Å². The molecule has 0 aliphatic heterocycles. The van der Waals surface area contributed by atoms with Crippen LogP contribution >= 0.6 is 0 Å².